The number of aromatic nitrogens is 1. The number of aliphatic hydroxyl groups excluding tert-OH is 1. The number of furan rings is 1. The van der Waals surface area contributed by atoms with Crippen molar-refractivity contribution in [3.8, 4) is 11.7 Å². The fourth-order valence-corrected chi connectivity index (χ4v) is 2.60. The first-order chi connectivity index (χ1) is 10.5. The average Bonchev–Trinajstić information content (AvgIpc) is 3.10. The SMILES string of the molecule is Cc1oc(-c2ccco2)nc1CC(=O)NC(C)(CO)C1CC1. The lowest BCUT2D eigenvalue weighted by atomic mass is 9.96. The molecule has 0 radical (unpaired) electrons. The summed E-state index contributed by atoms with van der Waals surface area (Å²) < 4.78 is 10.8. The quantitative estimate of drug-likeness (QED) is 0.853. The van der Waals surface area contributed by atoms with Crippen LogP contribution in [0.25, 0.3) is 11.7 Å². The minimum atomic E-state index is -0.543. The molecule has 0 saturated heterocycles. The molecule has 0 bridgehead atoms. The van der Waals surface area contributed by atoms with Gasteiger partial charge in [0.05, 0.1) is 30.5 Å². The Hall–Kier alpha value is -2.08. The van der Waals surface area contributed by atoms with Crippen LogP contribution in [0.4, 0.5) is 0 Å². The van der Waals surface area contributed by atoms with Gasteiger partial charge in [-0.25, -0.2) is 4.98 Å². The molecule has 6 nitrogen and oxygen atoms in total. The first-order valence-electron chi connectivity index (χ1n) is 7.44. The zero-order valence-corrected chi connectivity index (χ0v) is 12.8. The van der Waals surface area contributed by atoms with E-state index in [0.29, 0.717) is 29.0 Å². The maximum Gasteiger partial charge on any atom is 0.263 e. The van der Waals surface area contributed by atoms with E-state index in [1.54, 1.807) is 25.3 Å². The number of rotatable bonds is 6. The monoisotopic (exact) mass is 304 g/mol. The first-order valence-corrected chi connectivity index (χ1v) is 7.44. The maximum atomic E-state index is 12.2. The second-order valence-electron chi connectivity index (χ2n) is 6.07. The zero-order chi connectivity index (χ0) is 15.7. The number of carbonyl (C=O) groups is 1. The fourth-order valence-electron chi connectivity index (χ4n) is 2.60. The highest BCUT2D eigenvalue weighted by Gasteiger charge is 2.42. The fraction of sp³-hybridized carbons (Fsp3) is 0.500. The molecular formula is C16H20N2O4. The van der Waals surface area contributed by atoms with Gasteiger partial charge in [0.25, 0.3) is 5.89 Å². The summed E-state index contributed by atoms with van der Waals surface area (Å²) in [5, 5.41) is 12.5. The van der Waals surface area contributed by atoms with Crippen LogP contribution in [0.2, 0.25) is 0 Å². The van der Waals surface area contributed by atoms with Gasteiger partial charge in [-0.2, -0.15) is 0 Å². The molecule has 22 heavy (non-hydrogen) atoms. The number of aliphatic hydroxyl groups is 1. The van der Waals surface area contributed by atoms with Crippen molar-refractivity contribution < 1.29 is 18.7 Å². The second-order valence-corrected chi connectivity index (χ2v) is 6.07. The molecule has 1 unspecified atom stereocenters. The predicted molar refractivity (Wildman–Crippen MR) is 79.0 cm³/mol. The van der Waals surface area contributed by atoms with Crippen LogP contribution in [-0.4, -0.2) is 28.1 Å². The lowest BCUT2D eigenvalue weighted by Gasteiger charge is -2.28. The highest BCUT2D eigenvalue weighted by molar-refractivity contribution is 5.79. The smallest absolute Gasteiger partial charge is 0.263 e. The van der Waals surface area contributed by atoms with Crippen LogP contribution >= 0.6 is 0 Å². The van der Waals surface area contributed by atoms with Gasteiger partial charge in [0.15, 0.2) is 5.76 Å². The number of nitrogens with one attached hydrogen (secondary N) is 1. The van der Waals surface area contributed by atoms with Gasteiger partial charge in [0.2, 0.25) is 5.91 Å². The number of oxazole rings is 1. The van der Waals surface area contributed by atoms with E-state index in [0.717, 1.165) is 12.8 Å². The van der Waals surface area contributed by atoms with E-state index in [-0.39, 0.29) is 18.9 Å². The van der Waals surface area contributed by atoms with Crippen molar-refractivity contribution in [2.45, 2.75) is 38.6 Å². The average molecular weight is 304 g/mol. The second kappa shape index (κ2) is 5.61. The molecular weight excluding hydrogens is 284 g/mol. The van der Waals surface area contributed by atoms with Crippen molar-refractivity contribution in [2.24, 2.45) is 5.92 Å². The highest BCUT2D eigenvalue weighted by Crippen LogP contribution is 2.39. The molecule has 1 aliphatic rings. The molecule has 0 aromatic carbocycles. The van der Waals surface area contributed by atoms with Crippen LogP contribution < -0.4 is 5.32 Å². The molecule has 1 aliphatic carbocycles. The number of hydrogen-bond acceptors (Lipinski definition) is 5. The molecule has 1 fully saturated rings. The minimum absolute atomic E-state index is 0.0567. The molecule has 2 aromatic rings. The van der Waals surface area contributed by atoms with Crippen LogP contribution in [0.3, 0.4) is 0 Å². The molecule has 1 amide bonds. The van der Waals surface area contributed by atoms with Crippen LogP contribution in [0.1, 0.15) is 31.2 Å². The maximum absolute atomic E-state index is 12.2. The summed E-state index contributed by atoms with van der Waals surface area (Å²) in [6, 6.07) is 3.51. The molecule has 118 valence electrons. The third-order valence-corrected chi connectivity index (χ3v) is 4.18. The molecule has 0 aliphatic heterocycles. The predicted octanol–water partition coefficient (Wildman–Crippen LogP) is 2.06. The Bertz CT molecular complexity index is 658. The van der Waals surface area contributed by atoms with Crippen LogP contribution in [0.15, 0.2) is 27.2 Å². The van der Waals surface area contributed by atoms with Gasteiger partial charge in [-0.1, -0.05) is 0 Å². The van der Waals surface area contributed by atoms with E-state index in [1.807, 2.05) is 6.92 Å². The van der Waals surface area contributed by atoms with Gasteiger partial charge in [0.1, 0.15) is 5.76 Å². The number of carbonyl (C=O) groups excluding carboxylic acids is 1. The van der Waals surface area contributed by atoms with Crippen molar-refractivity contribution in [3.63, 3.8) is 0 Å². The lowest BCUT2D eigenvalue weighted by Crippen LogP contribution is -2.51. The third-order valence-electron chi connectivity index (χ3n) is 4.18. The van der Waals surface area contributed by atoms with Crippen LogP contribution in [0.5, 0.6) is 0 Å². The van der Waals surface area contributed by atoms with Crippen LogP contribution in [-0.2, 0) is 11.2 Å². The van der Waals surface area contributed by atoms with Gasteiger partial charge in [0, 0.05) is 0 Å². The summed E-state index contributed by atoms with van der Waals surface area (Å²) in [7, 11) is 0. The number of hydrogen-bond donors (Lipinski definition) is 2. The Morgan fingerprint density at radius 1 is 1.55 bits per heavy atom. The number of amides is 1. The summed E-state index contributed by atoms with van der Waals surface area (Å²) >= 11 is 0. The van der Waals surface area contributed by atoms with Gasteiger partial charge in [-0.05, 0) is 44.7 Å². The number of aryl methyl sites for hydroxylation is 1. The Morgan fingerprint density at radius 3 is 2.91 bits per heavy atom. The molecule has 2 N–H and O–H groups in total. The van der Waals surface area contributed by atoms with Gasteiger partial charge in [-0.3, -0.25) is 4.79 Å². The van der Waals surface area contributed by atoms with Crippen LogP contribution in [0, 0.1) is 12.8 Å². The Morgan fingerprint density at radius 2 is 2.32 bits per heavy atom. The number of nitrogens with zero attached hydrogens (tertiary/aromatic N) is 1. The van der Waals surface area contributed by atoms with E-state index in [1.165, 1.54) is 0 Å². The molecule has 6 heteroatoms. The molecule has 3 rings (SSSR count). The molecule has 0 spiro atoms. The van der Waals surface area contributed by atoms with E-state index in [4.69, 9.17) is 8.83 Å². The topological polar surface area (TPSA) is 88.5 Å². The first kappa shape index (κ1) is 14.8. The van der Waals surface area contributed by atoms with E-state index in [2.05, 4.69) is 10.3 Å². The highest BCUT2D eigenvalue weighted by atomic mass is 16.4. The minimum Gasteiger partial charge on any atom is -0.459 e. The summed E-state index contributed by atoms with van der Waals surface area (Å²) in [6.07, 6.45) is 3.76. The molecule has 1 atom stereocenters. The van der Waals surface area contributed by atoms with E-state index in [9.17, 15) is 9.90 Å². The largest absolute Gasteiger partial charge is 0.459 e. The Labute approximate surface area is 128 Å². The zero-order valence-electron chi connectivity index (χ0n) is 12.8. The standard InChI is InChI=1S/C16H20N2O4/c1-10-12(17-15(22-10)13-4-3-7-21-13)8-14(20)18-16(2,9-19)11-5-6-11/h3-4,7,11,19H,5-6,8-9H2,1-2H3,(H,18,20). The Kier molecular flexibility index (Phi) is 3.78. The van der Waals surface area contributed by atoms with E-state index < -0.39 is 5.54 Å². The summed E-state index contributed by atoms with van der Waals surface area (Å²) in [4.78, 5) is 16.6. The summed E-state index contributed by atoms with van der Waals surface area (Å²) in [5.41, 5.74) is 0.0402. The molecule has 2 heterocycles. The molecule has 1 saturated carbocycles. The van der Waals surface area contributed by atoms with Crippen molar-refractivity contribution in [1.82, 2.24) is 10.3 Å². The van der Waals surface area contributed by atoms with Crippen molar-refractivity contribution in [1.29, 1.82) is 0 Å². The van der Waals surface area contributed by atoms with E-state index >= 15 is 0 Å². The third kappa shape index (κ3) is 2.92. The van der Waals surface area contributed by atoms with Crippen molar-refractivity contribution in [2.75, 3.05) is 6.61 Å². The van der Waals surface area contributed by atoms with Gasteiger partial charge in [-0.15, -0.1) is 0 Å². The van der Waals surface area contributed by atoms with Gasteiger partial charge >= 0.3 is 0 Å². The van der Waals surface area contributed by atoms with Crippen molar-refractivity contribution >= 4 is 5.91 Å². The normalized spacial score (nSPS) is 17.2. The van der Waals surface area contributed by atoms with Gasteiger partial charge < -0.3 is 19.3 Å². The summed E-state index contributed by atoms with van der Waals surface area (Å²) in [5.74, 6) is 1.70. The Balaban J connectivity index is 1.69. The molecule has 2 aromatic heterocycles. The van der Waals surface area contributed by atoms with Crippen molar-refractivity contribution in [3.05, 3.63) is 29.9 Å². The summed E-state index contributed by atoms with van der Waals surface area (Å²) in [6.45, 7) is 3.60. The lowest BCUT2D eigenvalue weighted by molar-refractivity contribution is -0.123.